The molecule has 1 aromatic rings. The number of rotatable bonds is 4. The number of ether oxygens (including phenoxy) is 1. The molecular formula is C14H12N2O. The molecule has 2 rings (SSSR count). The molecule has 84 valence electrons. The molecule has 0 unspecified atom stereocenters. The molecule has 3 nitrogen and oxygen atoms in total. The van der Waals surface area contributed by atoms with Gasteiger partial charge in [0, 0.05) is 5.56 Å². The third-order valence-electron chi connectivity index (χ3n) is 2.63. The Balaban J connectivity index is 2.18. The molecule has 0 atom stereocenters. The summed E-state index contributed by atoms with van der Waals surface area (Å²) >= 11 is 0. The second kappa shape index (κ2) is 5.18. The van der Waals surface area contributed by atoms with Crippen LogP contribution in [-0.4, -0.2) is 6.61 Å². The van der Waals surface area contributed by atoms with Crippen LogP contribution in [-0.2, 0) is 0 Å². The van der Waals surface area contributed by atoms with Crippen molar-refractivity contribution in [2.45, 2.75) is 12.8 Å². The summed E-state index contributed by atoms with van der Waals surface area (Å²) < 4.78 is 5.69. The minimum absolute atomic E-state index is 0.0903. The maximum atomic E-state index is 8.72. The topological polar surface area (TPSA) is 56.8 Å². The second-order valence-electron chi connectivity index (χ2n) is 4.07. The summed E-state index contributed by atoms with van der Waals surface area (Å²) in [6.07, 6.45) is 4.03. The van der Waals surface area contributed by atoms with Gasteiger partial charge in [0.15, 0.2) is 0 Å². The fraction of sp³-hybridized carbons (Fsp3) is 0.286. The van der Waals surface area contributed by atoms with Gasteiger partial charge in [-0.1, -0.05) is 18.2 Å². The van der Waals surface area contributed by atoms with Crippen molar-refractivity contribution in [3.63, 3.8) is 0 Å². The molecule has 3 heteroatoms. The van der Waals surface area contributed by atoms with Gasteiger partial charge in [0.05, 0.1) is 6.61 Å². The van der Waals surface area contributed by atoms with Crippen LogP contribution in [0.3, 0.4) is 0 Å². The van der Waals surface area contributed by atoms with Crippen LogP contribution in [0.25, 0.3) is 6.08 Å². The van der Waals surface area contributed by atoms with Crippen LogP contribution in [0.2, 0.25) is 0 Å². The highest BCUT2D eigenvalue weighted by Gasteiger charge is 2.22. The van der Waals surface area contributed by atoms with E-state index in [0.717, 1.165) is 17.9 Å². The van der Waals surface area contributed by atoms with Gasteiger partial charge >= 0.3 is 0 Å². The van der Waals surface area contributed by atoms with Gasteiger partial charge in [-0.2, -0.15) is 10.5 Å². The number of hydrogen-bond acceptors (Lipinski definition) is 3. The van der Waals surface area contributed by atoms with Gasteiger partial charge < -0.3 is 4.74 Å². The Morgan fingerprint density at radius 1 is 1.29 bits per heavy atom. The van der Waals surface area contributed by atoms with Crippen LogP contribution in [0.1, 0.15) is 18.4 Å². The predicted octanol–water partition coefficient (Wildman–Crippen LogP) is 2.91. The number of nitriles is 2. The van der Waals surface area contributed by atoms with Crippen molar-refractivity contribution in [2.24, 2.45) is 5.92 Å². The lowest BCUT2D eigenvalue weighted by molar-refractivity contribution is 0.299. The highest BCUT2D eigenvalue weighted by atomic mass is 16.5. The Labute approximate surface area is 101 Å². The first-order valence-electron chi connectivity index (χ1n) is 5.57. The van der Waals surface area contributed by atoms with Crippen LogP contribution in [0, 0.1) is 28.6 Å². The van der Waals surface area contributed by atoms with Crippen LogP contribution in [0.4, 0.5) is 0 Å². The molecule has 0 aliphatic heterocycles. The number of hydrogen-bond donors (Lipinski definition) is 0. The average molecular weight is 224 g/mol. The molecule has 0 spiro atoms. The lowest BCUT2D eigenvalue weighted by atomic mass is 10.1. The van der Waals surface area contributed by atoms with E-state index in [1.807, 2.05) is 36.4 Å². The molecule has 0 radical (unpaired) electrons. The monoisotopic (exact) mass is 224 g/mol. The average Bonchev–Trinajstić information content (AvgIpc) is 3.18. The first-order valence-corrected chi connectivity index (χ1v) is 5.57. The molecule has 1 aliphatic rings. The molecule has 1 aliphatic carbocycles. The maximum absolute atomic E-state index is 8.72. The Kier molecular flexibility index (Phi) is 3.43. The summed E-state index contributed by atoms with van der Waals surface area (Å²) in [5.74, 6) is 1.42. The van der Waals surface area contributed by atoms with Crippen molar-refractivity contribution in [3.8, 4) is 17.9 Å². The molecule has 0 N–H and O–H groups in total. The van der Waals surface area contributed by atoms with Crippen molar-refractivity contribution >= 4 is 6.08 Å². The summed E-state index contributed by atoms with van der Waals surface area (Å²) in [7, 11) is 0. The normalized spacial score (nSPS) is 13.3. The zero-order valence-corrected chi connectivity index (χ0v) is 9.39. The van der Waals surface area contributed by atoms with E-state index in [1.165, 1.54) is 12.8 Å². The van der Waals surface area contributed by atoms with E-state index < -0.39 is 0 Å². The smallest absolute Gasteiger partial charge is 0.130 e. The van der Waals surface area contributed by atoms with Gasteiger partial charge in [-0.3, -0.25) is 0 Å². The number of para-hydroxylation sites is 1. The van der Waals surface area contributed by atoms with E-state index in [4.69, 9.17) is 15.3 Å². The summed E-state index contributed by atoms with van der Waals surface area (Å²) in [4.78, 5) is 0. The van der Waals surface area contributed by atoms with Crippen molar-refractivity contribution in [1.82, 2.24) is 0 Å². The summed E-state index contributed by atoms with van der Waals surface area (Å²) in [5.41, 5.74) is 0.874. The highest BCUT2D eigenvalue weighted by molar-refractivity contribution is 5.66. The Hall–Kier alpha value is -2.26. The Bertz CT molecular complexity index is 500. The summed E-state index contributed by atoms with van der Waals surface area (Å²) in [6, 6.07) is 11.2. The minimum atomic E-state index is 0.0903. The van der Waals surface area contributed by atoms with Gasteiger partial charge in [0.2, 0.25) is 0 Å². The number of benzene rings is 1. The summed E-state index contributed by atoms with van der Waals surface area (Å²) in [5, 5.41) is 17.4. The molecule has 17 heavy (non-hydrogen) atoms. The van der Waals surface area contributed by atoms with Crippen LogP contribution in [0.15, 0.2) is 29.8 Å². The lowest BCUT2D eigenvalue weighted by Crippen LogP contribution is -2.00. The second-order valence-corrected chi connectivity index (χ2v) is 4.07. The minimum Gasteiger partial charge on any atom is -0.493 e. The third-order valence-corrected chi connectivity index (χ3v) is 2.63. The lowest BCUT2D eigenvalue weighted by Gasteiger charge is -2.08. The van der Waals surface area contributed by atoms with E-state index in [0.29, 0.717) is 5.92 Å². The fourth-order valence-electron chi connectivity index (χ4n) is 1.47. The molecule has 1 aromatic carbocycles. The van der Waals surface area contributed by atoms with E-state index in [-0.39, 0.29) is 5.57 Å². The number of nitrogens with zero attached hydrogens (tertiary/aromatic N) is 2. The van der Waals surface area contributed by atoms with Crippen molar-refractivity contribution in [1.29, 1.82) is 10.5 Å². The first kappa shape index (κ1) is 11.2. The maximum Gasteiger partial charge on any atom is 0.130 e. The van der Waals surface area contributed by atoms with Gasteiger partial charge in [-0.15, -0.1) is 0 Å². The van der Waals surface area contributed by atoms with Crippen molar-refractivity contribution < 1.29 is 4.74 Å². The number of allylic oxidation sites excluding steroid dienone is 1. The molecule has 0 heterocycles. The standard InChI is InChI=1S/C14H12N2O/c15-8-12(9-16)7-13-3-1-2-4-14(13)17-10-11-5-6-11/h1-4,7,11H,5-6,10H2. The van der Waals surface area contributed by atoms with E-state index in [1.54, 1.807) is 6.08 Å². The molecule has 0 saturated heterocycles. The Morgan fingerprint density at radius 2 is 2.00 bits per heavy atom. The van der Waals surface area contributed by atoms with E-state index in [9.17, 15) is 0 Å². The molecule has 1 saturated carbocycles. The quantitative estimate of drug-likeness (QED) is 0.739. The zero-order valence-electron chi connectivity index (χ0n) is 9.39. The van der Waals surface area contributed by atoms with Crippen LogP contribution in [0.5, 0.6) is 5.75 Å². The summed E-state index contributed by atoms with van der Waals surface area (Å²) in [6.45, 7) is 0.722. The van der Waals surface area contributed by atoms with Crippen LogP contribution >= 0.6 is 0 Å². The first-order chi connectivity index (χ1) is 8.33. The Morgan fingerprint density at radius 3 is 2.65 bits per heavy atom. The predicted molar refractivity (Wildman–Crippen MR) is 63.9 cm³/mol. The molecule has 0 bridgehead atoms. The largest absolute Gasteiger partial charge is 0.493 e. The van der Waals surface area contributed by atoms with Gasteiger partial charge in [0.1, 0.15) is 23.5 Å². The highest BCUT2D eigenvalue weighted by Crippen LogP contribution is 2.30. The SMILES string of the molecule is N#CC(C#N)=Cc1ccccc1OCC1CC1. The molecule has 1 fully saturated rings. The van der Waals surface area contributed by atoms with Crippen LogP contribution < -0.4 is 4.74 Å². The molecule has 0 amide bonds. The zero-order chi connectivity index (χ0) is 12.1. The fourth-order valence-corrected chi connectivity index (χ4v) is 1.47. The van der Waals surface area contributed by atoms with Gasteiger partial charge in [0.25, 0.3) is 0 Å². The van der Waals surface area contributed by atoms with Crippen molar-refractivity contribution in [3.05, 3.63) is 35.4 Å². The molecular weight excluding hydrogens is 212 g/mol. The van der Waals surface area contributed by atoms with Gasteiger partial charge in [-0.05, 0) is 30.9 Å². The molecule has 0 aromatic heterocycles. The van der Waals surface area contributed by atoms with Gasteiger partial charge in [-0.25, -0.2) is 0 Å². The van der Waals surface area contributed by atoms with Crippen molar-refractivity contribution in [2.75, 3.05) is 6.61 Å². The third kappa shape index (κ3) is 3.09. The van der Waals surface area contributed by atoms with E-state index in [2.05, 4.69) is 0 Å². The van der Waals surface area contributed by atoms with E-state index >= 15 is 0 Å².